The van der Waals surface area contributed by atoms with Gasteiger partial charge < -0.3 is 14.8 Å². The molecular formula is C26H29N5O2. The summed E-state index contributed by atoms with van der Waals surface area (Å²) in [6.45, 7) is 3.40. The molecule has 2 aromatic carbocycles. The Bertz CT molecular complexity index is 1180. The number of nitrogens with zero attached hydrogens (tertiary/aromatic N) is 4. The van der Waals surface area contributed by atoms with E-state index in [1.807, 2.05) is 48.5 Å². The van der Waals surface area contributed by atoms with Crippen molar-refractivity contribution in [1.29, 1.82) is 0 Å². The summed E-state index contributed by atoms with van der Waals surface area (Å²) in [5.41, 5.74) is 3.68. The molecule has 0 radical (unpaired) electrons. The van der Waals surface area contributed by atoms with E-state index in [1.54, 1.807) is 4.90 Å². The van der Waals surface area contributed by atoms with E-state index in [2.05, 4.69) is 27.0 Å². The Balaban J connectivity index is 1.31. The molecule has 0 spiro atoms. The van der Waals surface area contributed by atoms with Crippen molar-refractivity contribution < 1.29 is 9.59 Å². The summed E-state index contributed by atoms with van der Waals surface area (Å²) < 4.78 is 2.20. The zero-order valence-corrected chi connectivity index (χ0v) is 19.0. The van der Waals surface area contributed by atoms with E-state index < -0.39 is 0 Å². The number of fused-ring (bicyclic) bond motifs is 1. The zero-order valence-electron chi connectivity index (χ0n) is 19.0. The maximum Gasteiger partial charge on any atom is 0.229 e. The van der Waals surface area contributed by atoms with Crippen molar-refractivity contribution in [3.05, 3.63) is 59.9 Å². The highest BCUT2D eigenvalue weighted by Gasteiger charge is 2.35. The van der Waals surface area contributed by atoms with Crippen LogP contribution in [-0.4, -0.2) is 33.1 Å². The number of para-hydroxylation sites is 1. The lowest BCUT2D eigenvalue weighted by atomic mass is 10.1. The maximum absolute atomic E-state index is 13.0. The molecule has 1 unspecified atom stereocenters. The van der Waals surface area contributed by atoms with Crippen LogP contribution < -0.4 is 10.2 Å². The summed E-state index contributed by atoms with van der Waals surface area (Å²) in [7, 11) is 0. The van der Waals surface area contributed by atoms with E-state index in [0.717, 1.165) is 60.7 Å². The molecule has 5 rings (SSSR count). The summed E-state index contributed by atoms with van der Waals surface area (Å²) in [5, 5.41) is 11.8. The molecule has 1 fully saturated rings. The molecule has 2 amide bonds. The summed E-state index contributed by atoms with van der Waals surface area (Å²) in [6, 6.07) is 15.7. The normalized spacial score (nSPS) is 18.2. The van der Waals surface area contributed by atoms with Gasteiger partial charge in [0.1, 0.15) is 5.82 Å². The van der Waals surface area contributed by atoms with Crippen LogP contribution in [0.2, 0.25) is 0 Å². The second kappa shape index (κ2) is 9.17. The summed E-state index contributed by atoms with van der Waals surface area (Å²) >= 11 is 0. The predicted octanol–water partition coefficient (Wildman–Crippen LogP) is 4.23. The van der Waals surface area contributed by atoms with Crippen LogP contribution in [-0.2, 0) is 29.0 Å². The average molecular weight is 444 g/mol. The molecule has 3 aromatic rings. The van der Waals surface area contributed by atoms with Crippen molar-refractivity contribution in [2.45, 2.75) is 52.0 Å². The van der Waals surface area contributed by atoms with Gasteiger partial charge in [-0.2, -0.15) is 0 Å². The van der Waals surface area contributed by atoms with Crippen molar-refractivity contribution in [1.82, 2.24) is 14.8 Å². The molecule has 2 aliphatic rings. The third-order valence-electron chi connectivity index (χ3n) is 6.66. The number of hydrogen-bond donors (Lipinski definition) is 1. The van der Waals surface area contributed by atoms with Gasteiger partial charge in [-0.05, 0) is 43.0 Å². The second-order valence-electron chi connectivity index (χ2n) is 8.86. The molecular weight excluding hydrogens is 414 g/mol. The van der Waals surface area contributed by atoms with Gasteiger partial charge in [0, 0.05) is 42.9 Å². The van der Waals surface area contributed by atoms with Gasteiger partial charge >= 0.3 is 0 Å². The Morgan fingerprint density at radius 2 is 1.97 bits per heavy atom. The summed E-state index contributed by atoms with van der Waals surface area (Å²) in [5.74, 6) is 1.37. The highest BCUT2D eigenvalue weighted by Crippen LogP contribution is 2.30. The number of carbonyl (C=O) groups excluding carboxylic acids is 2. The quantitative estimate of drug-likeness (QED) is 0.640. The van der Waals surface area contributed by atoms with Gasteiger partial charge in [-0.3, -0.25) is 9.59 Å². The molecule has 1 aromatic heterocycles. The molecule has 3 heterocycles. The first kappa shape index (κ1) is 21.4. The van der Waals surface area contributed by atoms with Crippen LogP contribution in [0, 0.1) is 5.92 Å². The molecule has 2 aliphatic heterocycles. The number of anilines is 2. The number of carbonyl (C=O) groups is 2. The minimum absolute atomic E-state index is 0.00375. The monoisotopic (exact) mass is 443 g/mol. The molecule has 1 atom stereocenters. The van der Waals surface area contributed by atoms with Crippen LogP contribution in [0.3, 0.4) is 0 Å². The van der Waals surface area contributed by atoms with Gasteiger partial charge in [0.25, 0.3) is 0 Å². The first-order chi connectivity index (χ1) is 16.1. The van der Waals surface area contributed by atoms with Gasteiger partial charge in [-0.25, -0.2) is 0 Å². The number of hydrogen-bond acceptors (Lipinski definition) is 4. The number of benzene rings is 2. The highest BCUT2D eigenvalue weighted by atomic mass is 16.2. The number of nitrogens with one attached hydrogen (secondary N) is 1. The molecule has 7 nitrogen and oxygen atoms in total. The van der Waals surface area contributed by atoms with E-state index in [9.17, 15) is 9.59 Å². The first-order valence-corrected chi connectivity index (χ1v) is 11.9. The van der Waals surface area contributed by atoms with Gasteiger partial charge in [-0.15, -0.1) is 10.2 Å². The number of rotatable bonds is 5. The third kappa shape index (κ3) is 4.27. The first-order valence-electron chi connectivity index (χ1n) is 11.9. The molecule has 7 heteroatoms. The summed E-state index contributed by atoms with van der Waals surface area (Å²) in [4.78, 5) is 27.5. The fraction of sp³-hybridized carbons (Fsp3) is 0.385. The van der Waals surface area contributed by atoms with Gasteiger partial charge in [0.05, 0.1) is 5.92 Å². The van der Waals surface area contributed by atoms with Crippen LogP contribution >= 0.6 is 0 Å². The van der Waals surface area contributed by atoms with E-state index >= 15 is 0 Å². The van der Waals surface area contributed by atoms with E-state index in [1.165, 1.54) is 6.42 Å². The molecule has 170 valence electrons. The van der Waals surface area contributed by atoms with Crippen LogP contribution in [0.25, 0.3) is 11.4 Å². The Morgan fingerprint density at radius 3 is 2.85 bits per heavy atom. The lowest BCUT2D eigenvalue weighted by Crippen LogP contribution is -2.28. The smallest absolute Gasteiger partial charge is 0.229 e. The zero-order chi connectivity index (χ0) is 22.8. The fourth-order valence-corrected chi connectivity index (χ4v) is 4.87. The number of amides is 2. The number of aryl methyl sites for hydroxylation is 2. The SMILES string of the molecule is CCc1ccccc1N1CC(C(=O)Nc2cccc(-c3nnc4n3CCCCC4)c2)CC1=O. The van der Waals surface area contributed by atoms with Crippen LogP contribution in [0.15, 0.2) is 48.5 Å². The van der Waals surface area contributed by atoms with Gasteiger partial charge in [0.15, 0.2) is 5.82 Å². The highest BCUT2D eigenvalue weighted by molar-refractivity contribution is 6.04. The Morgan fingerprint density at radius 1 is 1.09 bits per heavy atom. The fourth-order valence-electron chi connectivity index (χ4n) is 4.87. The van der Waals surface area contributed by atoms with Crippen LogP contribution in [0.1, 0.15) is 44.0 Å². The van der Waals surface area contributed by atoms with Crippen molar-refractivity contribution >= 4 is 23.2 Å². The molecule has 0 saturated carbocycles. The lowest BCUT2D eigenvalue weighted by molar-refractivity contribution is -0.122. The largest absolute Gasteiger partial charge is 0.326 e. The molecule has 0 bridgehead atoms. The van der Waals surface area contributed by atoms with E-state index in [-0.39, 0.29) is 24.2 Å². The Labute approximate surface area is 193 Å². The minimum atomic E-state index is -0.379. The topological polar surface area (TPSA) is 80.1 Å². The minimum Gasteiger partial charge on any atom is -0.326 e. The third-order valence-corrected chi connectivity index (χ3v) is 6.66. The molecule has 1 saturated heterocycles. The Kier molecular flexibility index (Phi) is 5.94. The van der Waals surface area contributed by atoms with Crippen LogP contribution in [0.5, 0.6) is 0 Å². The van der Waals surface area contributed by atoms with E-state index in [4.69, 9.17) is 0 Å². The van der Waals surface area contributed by atoms with Gasteiger partial charge in [-0.1, -0.05) is 43.7 Å². The second-order valence-corrected chi connectivity index (χ2v) is 8.86. The van der Waals surface area contributed by atoms with Crippen molar-refractivity contribution in [2.24, 2.45) is 5.92 Å². The summed E-state index contributed by atoms with van der Waals surface area (Å²) in [6.07, 6.45) is 5.50. The molecule has 1 N–H and O–H groups in total. The Hall–Kier alpha value is -3.48. The lowest BCUT2D eigenvalue weighted by Gasteiger charge is -2.20. The van der Waals surface area contributed by atoms with Crippen molar-refractivity contribution in [2.75, 3.05) is 16.8 Å². The van der Waals surface area contributed by atoms with Gasteiger partial charge in [0.2, 0.25) is 11.8 Å². The maximum atomic E-state index is 13.0. The average Bonchev–Trinajstić information content (AvgIpc) is 3.34. The van der Waals surface area contributed by atoms with Crippen LogP contribution in [0.4, 0.5) is 11.4 Å². The van der Waals surface area contributed by atoms with E-state index in [0.29, 0.717) is 12.2 Å². The number of aromatic nitrogens is 3. The van der Waals surface area contributed by atoms with Crippen molar-refractivity contribution in [3.8, 4) is 11.4 Å². The molecule has 0 aliphatic carbocycles. The predicted molar refractivity (Wildman–Crippen MR) is 128 cm³/mol. The molecule has 33 heavy (non-hydrogen) atoms. The standard InChI is InChI=1S/C26H29N5O2/c1-2-18-9-5-6-12-22(18)31-17-20(16-24(31)32)26(33)27-21-11-8-10-19(15-21)25-29-28-23-13-4-3-7-14-30(23)25/h5-6,8-12,15,20H,2-4,7,13-14,16-17H2,1H3,(H,27,33). The van der Waals surface area contributed by atoms with Crippen molar-refractivity contribution in [3.63, 3.8) is 0 Å².